The zero-order chi connectivity index (χ0) is 21.3. The molecular formula is C23H33N3O3S. The average molecular weight is 432 g/mol. The number of aromatic nitrogens is 1. The van der Waals surface area contributed by atoms with Crippen LogP contribution < -0.4 is 15.6 Å². The Morgan fingerprint density at radius 2 is 2.07 bits per heavy atom. The second-order valence-electron chi connectivity index (χ2n) is 7.80. The first kappa shape index (κ1) is 22.6. The molecule has 0 atom stereocenters. The number of hydrogen-bond donors (Lipinski definition) is 2. The van der Waals surface area contributed by atoms with Crippen molar-refractivity contribution in [2.45, 2.75) is 58.0 Å². The van der Waals surface area contributed by atoms with Crippen LogP contribution in [0.2, 0.25) is 0 Å². The van der Waals surface area contributed by atoms with Gasteiger partial charge in [0.1, 0.15) is 5.75 Å². The largest absolute Gasteiger partial charge is 0.494 e. The number of ether oxygens (including phenoxy) is 2. The maximum atomic E-state index is 12.8. The monoisotopic (exact) mass is 431 g/mol. The number of nitrogens with one attached hydrogen (secondary N) is 2. The Morgan fingerprint density at radius 3 is 2.80 bits per heavy atom. The Hall–Kier alpha value is -2.12. The molecule has 0 spiro atoms. The van der Waals surface area contributed by atoms with Crippen molar-refractivity contribution in [3.63, 3.8) is 0 Å². The highest BCUT2D eigenvalue weighted by molar-refractivity contribution is 7.80. The number of aromatic amines is 1. The van der Waals surface area contributed by atoms with Gasteiger partial charge in [0.15, 0.2) is 5.11 Å². The van der Waals surface area contributed by atoms with Crippen LogP contribution in [0.3, 0.4) is 0 Å². The Bertz CT molecular complexity index is 893. The van der Waals surface area contributed by atoms with Crippen molar-refractivity contribution in [1.82, 2.24) is 15.2 Å². The molecule has 1 fully saturated rings. The van der Waals surface area contributed by atoms with Crippen LogP contribution in [0, 0.1) is 0 Å². The summed E-state index contributed by atoms with van der Waals surface area (Å²) in [5.74, 6) is 0.808. The van der Waals surface area contributed by atoms with Crippen LogP contribution in [0.1, 0.15) is 51.0 Å². The molecule has 0 radical (unpaired) electrons. The first-order valence-corrected chi connectivity index (χ1v) is 11.4. The highest BCUT2D eigenvalue weighted by atomic mass is 32.1. The van der Waals surface area contributed by atoms with Crippen LogP contribution in [-0.2, 0) is 11.3 Å². The molecule has 1 aromatic carbocycles. The zero-order valence-corrected chi connectivity index (χ0v) is 18.9. The molecule has 6 nitrogen and oxygen atoms in total. The third kappa shape index (κ3) is 5.95. The summed E-state index contributed by atoms with van der Waals surface area (Å²) in [4.78, 5) is 18.0. The molecule has 0 saturated heterocycles. The smallest absolute Gasteiger partial charge is 0.253 e. The lowest BCUT2D eigenvalue weighted by molar-refractivity contribution is 0.194. The molecule has 0 amide bonds. The summed E-state index contributed by atoms with van der Waals surface area (Å²) in [6.07, 6.45) is 6.80. The van der Waals surface area contributed by atoms with E-state index in [4.69, 9.17) is 21.7 Å². The Kier molecular flexibility index (Phi) is 8.51. The van der Waals surface area contributed by atoms with Gasteiger partial charge in [0.2, 0.25) is 0 Å². The molecule has 0 bridgehead atoms. The third-order valence-corrected chi connectivity index (χ3v) is 6.00. The lowest BCUT2D eigenvalue weighted by atomic mass is 9.94. The van der Waals surface area contributed by atoms with Crippen LogP contribution in [0.15, 0.2) is 29.1 Å². The lowest BCUT2D eigenvalue weighted by Gasteiger charge is -2.36. The van der Waals surface area contributed by atoms with Crippen molar-refractivity contribution in [2.24, 2.45) is 0 Å². The van der Waals surface area contributed by atoms with Gasteiger partial charge in [0.05, 0.1) is 13.2 Å². The molecule has 3 rings (SSSR count). The number of H-pyrrole nitrogens is 1. The van der Waals surface area contributed by atoms with Crippen LogP contribution in [0.25, 0.3) is 10.9 Å². The van der Waals surface area contributed by atoms with E-state index in [1.807, 2.05) is 31.2 Å². The van der Waals surface area contributed by atoms with E-state index < -0.39 is 0 Å². The molecule has 0 aliphatic heterocycles. The second-order valence-corrected chi connectivity index (χ2v) is 8.19. The normalized spacial score (nSPS) is 14.6. The number of fused-ring (bicyclic) bond motifs is 1. The molecule has 0 unspecified atom stereocenters. The fraction of sp³-hybridized carbons (Fsp3) is 0.565. The van der Waals surface area contributed by atoms with Crippen molar-refractivity contribution in [1.29, 1.82) is 0 Å². The number of pyridine rings is 1. The van der Waals surface area contributed by atoms with Crippen LogP contribution in [-0.4, -0.2) is 47.9 Å². The summed E-state index contributed by atoms with van der Waals surface area (Å²) in [5.41, 5.74) is 1.48. The van der Waals surface area contributed by atoms with Crippen molar-refractivity contribution >= 4 is 28.2 Å². The lowest BCUT2D eigenvalue weighted by Crippen LogP contribution is -2.47. The number of rotatable bonds is 9. The van der Waals surface area contributed by atoms with Gasteiger partial charge in [0.25, 0.3) is 5.56 Å². The van der Waals surface area contributed by atoms with E-state index in [0.29, 0.717) is 25.8 Å². The summed E-state index contributed by atoms with van der Waals surface area (Å²) in [7, 11) is 1.70. The van der Waals surface area contributed by atoms with E-state index in [2.05, 4.69) is 15.2 Å². The van der Waals surface area contributed by atoms with E-state index in [9.17, 15) is 4.79 Å². The molecule has 1 saturated carbocycles. The molecule has 7 heteroatoms. The van der Waals surface area contributed by atoms with Gasteiger partial charge in [-0.1, -0.05) is 19.3 Å². The number of hydrogen-bond acceptors (Lipinski definition) is 4. The fourth-order valence-corrected chi connectivity index (χ4v) is 4.38. The van der Waals surface area contributed by atoms with Gasteiger partial charge in [-0.3, -0.25) is 4.79 Å². The van der Waals surface area contributed by atoms with Gasteiger partial charge in [-0.05, 0) is 62.7 Å². The Morgan fingerprint density at radius 1 is 1.27 bits per heavy atom. The summed E-state index contributed by atoms with van der Waals surface area (Å²) in [6, 6.07) is 8.09. The van der Waals surface area contributed by atoms with Gasteiger partial charge >= 0.3 is 0 Å². The molecule has 1 aliphatic rings. The summed E-state index contributed by atoms with van der Waals surface area (Å²) in [5, 5.41) is 5.06. The summed E-state index contributed by atoms with van der Waals surface area (Å²) >= 11 is 5.74. The van der Waals surface area contributed by atoms with Gasteiger partial charge in [-0.2, -0.15) is 0 Å². The van der Waals surface area contributed by atoms with Crippen molar-refractivity contribution in [3.05, 3.63) is 40.2 Å². The van der Waals surface area contributed by atoms with Crippen LogP contribution in [0.5, 0.6) is 5.75 Å². The minimum Gasteiger partial charge on any atom is -0.494 e. The number of nitrogens with zero attached hydrogens (tertiary/aromatic N) is 1. The van der Waals surface area contributed by atoms with E-state index >= 15 is 0 Å². The standard InChI is InChI=1S/C23H33N3O3S/c1-3-29-20-10-11-21-17(15-20)14-18(22(27)25-21)16-26(19-8-5-4-6-9-19)23(30)24-12-7-13-28-2/h10-11,14-15,19H,3-9,12-13,16H2,1-2H3,(H,24,30)(H,25,27). The summed E-state index contributed by atoms with van der Waals surface area (Å²) in [6.45, 7) is 4.55. The van der Waals surface area contributed by atoms with E-state index in [-0.39, 0.29) is 5.56 Å². The van der Waals surface area contributed by atoms with E-state index in [1.54, 1.807) is 7.11 Å². The number of methoxy groups -OCH3 is 1. The van der Waals surface area contributed by atoms with E-state index in [0.717, 1.165) is 53.1 Å². The molecule has 2 aromatic rings. The minimum atomic E-state index is -0.0605. The average Bonchev–Trinajstić information content (AvgIpc) is 2.76. The van der Waals surface area contributed by atoms with Crippen molar-refractivity contribution < 1.29 is 9.47 Å². The highest BCUT2D eigenvalue weighted by Gasteiger charge is 2.24. The summed E-state index contributed by atoms with van der Waals surface area (Å²) < 4.78 is 10.7. The van der Waals surface area contributed by atoms with Crippen LogP contribution in [0.4, 0.5) is 0 Å². The molecule has 2 N–H and O–H groups in total. The quantitative estimate of drug-likeness (QED) is 0.463. The van der Waals surface area contributed by atoms with Gasteiger partial charge in [-0.15, -0.1) is 0 Å². The van der Waals surface area contributed by atoms with Gasteiger partial charge < -0.3 is 24.7 Å². The van der Waals surface area contributed by atoms with Gasteiger partial charge in [0, 0.05) is 42.8 Å². The third-order valence-electron chi connectivity index (χ3n) is 5.62. The van der Waals surface area contributed by atoms with Crippen molar-refractivity contribution in [2.75, 3.05) is 26.9 Å². The first-order valence-electron chi connectivity index (χ1n) is 10.9. The Balaban J connectivity index is 1.82. The second kappa shape index (κ2) is 11.3. The van der Waals surface area contributed by atoms with E-state index in [1.165, 1.54) is 19.3 Å². The number of benzene rings is 1. The molecule has 1 heterocycles. The fourth-order valence-electron chi connectivity index (χ4n) is 4.06. The molecule has 30 heavy (non-hydrogen) atoms. The maximum absolute atomic E-state index is 12.8. The molecule has 1 aromatic heterocycles. The highest BCUT2D eigenvalue weighted by Crippen LogP contribution is 2.25. The van der Waals surface area contributed by atoms with Gasteiger partial charge in [-0.25, -0.2) is 0 Å². The van der Waals surface area contributed by atoms with Crippen LogP contribution >= 0.6 is 12.2 Å². The SMILES string of the molecule is CCOc1ccc2[nH]c(=O)c(CN(C(=S)NCCCOC)C3CCCCC3)cc2c1. The Labute approximate surface area is 183 Å². The van der Waals surface area contributed by atoms with Crippen molar-refractivity contribution in [3.8, 4) is 5.75 Å². The molecule has 164 valence electrons. The first-order chi connectivity index (χ1) is 14.6. The molecular weight excluding hydrogens is 398 g/mol. The number of thiocarbonyl (C=S) groups is 1. The minimum absolute atomic E-state index is 0.0605. The maximum Gasteiger partial charge on any atom is 0.253 e. The predicted molar refractivity (Wildman–Crippen MR) is 125 cm³/mol. The topological polar surface area (TPSA) is 66.6 Å². The predicted octanol–water partition coefficient (Wildman–Crippen LogP) is 3.97. The molecule has 1 aliphatic carbocycles. The zero-order valence-electron chi connectivity index (χ0n) is 18.0.